The van der Waals surface area contributed by atoms with E-state index in [0.717, 1.165) is 21.3 Å². The Hall–Kier alpha value is -1.34. The predicted octanol–water partition coefficient (Wildman–Crippen LogP) is 5.88. The van der Waals surface area contributed by atoms with Crippen LogP contribution in [0.2, 0.25) is 10.0 Å². The van der Waals surface area contributed by atoms with Crippen molar-refractivity contribution in [2.24, 2.45) is 0 Å². The zero-order valence-corrected chi connectivity index (χ0v) is 18.0. The summed E-state index contributed by atoms with van der Waals surface area (Å²) >= 11 is 21.0. The highest BCUT2D eigenvalue weighted by molar-refractivity contribution is 9.10. The summed E-state index contributed by atoms with van der Waals surface area (Å²) in [6.07, 6.45) is -0.179. The van der Waals surface area contributed by atoms with Gasteiger partial charge in [-0.25, -0.2) is 0 Å². The number of rotatable bonds is 5. The van der Waals surface area contributed by atoms with Crippen LogP contribution in [0.25, 0.3) is 0 Å². The molecule has 0 aliphatic heterocycles. The van der Waals surface area contributed by atoms with Crippen molar-refractivity contribution in [2.45, 2.75) is 26.3 Å². The van der Waals surface area contributed by atoms with Crippen molar-refractivity contribution in [1.82, 2.24) is 5.32 Å². The van der Waals surface area contributed by atoms with Crippen LogP contribution in [0.5, 0.6) is 0 Å². The normalized spacial score (nSPS) is 11.7. The number of aliphatic carboxylic acids is 1. The van der Waals surface area contributed by atoms with E-state index in [1.54, 1.807) is 18.2 Å². The summed E-state index contributed by atoms with van der Waals surface area (Å²) in [5.41, 5.74) is 3.52. The minimum Gasteiger partial charge on any atom is -0.481 e. The summed E-state index contributed by atoms with van der Waals surface area (Å²) in [6, 6.07) is 8.30. The Morgan fingerprint density at radius 1 is 1.23 bits per heavy atom. The SMILES string of the molecule is Cc1cc(Br)cc(C)c1NC(=S)N[C@H](CC(=O)O)c1ccc(Cl)cc1Cl. The lowest BCUT2D eigenvalue weighted by Crippen LogP contribution is -2.34. The average molecular weight is 476 g/mol. The molecule has 3 N–H and O–H groups in total. The van der Waals surface area contributed by atoms with E-state index < -0.39 is 12.0 Å². The molecular weight excluding hydrogens is 459 g/mol. The molecule has 1 atom stereocenters. The summed E-state index contributed by atoms with van der Waals surface area (Å²) < 4.78 is 0.980. The molecule has 0 saturated heterocycles. The number of carboxylic acid groups (broad SMARTS) is 1. The Balaban J connectivity index is 2.23. The number of benzene rings is 2. The first-order valence-corrected chi connectivity index (χ1v) is 9.64. The van der Waals surface area contributed by atoms with Crippen molar-refractivity contribution in [3.8, 4) is 0 Å². The lowest BCUT2D eigenvalue weighted by atomic mass is 10.0. The fourth-order valence-electron chi connectivity index (χ4n) is 2.61. The van der Waals surface area contributed by atoms with Crippen LogP contribution in [-0.4, -0.2) is 16.2 Å². The lowest BCUT2D eigenvalue weighted by Gasteiger charge is -2.22. The van der Waals surface area contributed by atoms with Gasteiger partial charge in [0.25, 0.3) is 0 Å². The molecule has 0 saturated carbocycles. The van der Waals surface area contributed by atoms with Gasteiger partial charge in [-0.3, -0.25) is 4.79 Å². The van der Waals surface area contributed by atoms with Crippen LogP contribution >= 0.6 is 51.3 Å². The first-order valence-electron chi connectivity index (χ1n) is 7.68. The maximum Gasteiger partial charge on any atom is 0.305 e. The van der Waals surface area contributed by atoms with Crippen LogP contribution in [0.15, 0.2) is 34.8 Å². The molecule has 0 amide bonds. The van der Waals surface area contributed by atoms with Crippen LogP contribution in [0, 0.1) is 13.8 Å². The summed E-state index contributed by atoms with van der Waals surface area (Å²) in [7, 11) is 0. The number of aryl methyl sites for hydroxylation is 2. The summed E-state index contributed by atoms with van der Waals surface area (Å²) in [5, 5.41) is 16.6. The van der Waals surface area contributed by atoms with E-state index in [4.69, 9.17) is 35.4 Å². The van der Waals surface area contributed by atoms with Crippen LogP contribution in [-0.2, 0) is 4.79 Å². The minimum absolute atomic E-state index is 0.179. The number of hydrogen-bond acceptors (Lipinski definition) is 2. The van der Waals surface area contributed by atoms with Crippen molar-refractivity contribution >= 4 is 68.1 Å². The fraction of sp³-hybridized carbons (Fsp3) is 0.222. The fourth-order valence-corrected chi connectivity index (χ4v) is 4.08. The molecule has 2 aromatic carbocycles. The zero-order chi connectivity index (χ0) is 19.4. The van der Waals surface area contributed by atoms with Gasteiger partial charge in [0, 0.05) is 20.2 Å². The standard InChI is InChI=1S/C18H17BrCl2N2O2S/c1-9-5-11(19)6-10(2)17(9)23-18(26)22-15(8-16(24)25)13-4-3-12(20)7-14(13)21/h3-7,15H,8H2,1-2H3,(H,24,25)(H2,22,23,26)/t15-/m1/s1. The molecule has 2 aromatic rings. The molecule has 138 valence electrons. The van der Waals surface area contributed by atoms with Crippen molar-refractivity contribution in [3.63, 3.8) is 0 Å². The number of carboxylic acids is 1. The Morgan fingerprint density at radius 3 is 2.38 bits per heavy atom. The number of nitrogens with one attached hydrogen (secondary N) is 2. The molecule has 0 bridgehead atoms. The Morgan fingerprint density at radius 2 is 1.85 bits per heavy atom. The highest BCUT2D eigenvalue weighted by Gasteiger charge is 2.20. The maximum absolute atomic E-state index is 11.3. The largest absolute Gasteiger partial charge is 0.481 e. The minimum atomic E-state index is -0.965. The van der Waals surface area contributed by atoms with E-state index in [1.807, 2.05) is 26.0 Å². The Kier molecular flexibility index (Phi) is 7.29. The van der Waals surface area contributed by atoms with E-state index in [-0.39, 0.29) is 6.42 Å². The third-order valence-electron chi connectivity index (χ3n) is 3.76. The topological polar surface area (TPSA) is 61.4 Å². The first kappa shape index (κ1) is 21.0. The van der Waals surface area contributed by atoms with E-state index >= 15 is 0 Å². The molecule has 8 heteroatoms. The number of anilines is 1. The van der Waals surface area contributed by atoms with E-state index in [2.05, 4.69) is 26.6 Å². The second-order valence-electron chi connectivity index (χ2n) is 5.83. The van der Waals surface area contributed by atoms with Gasteiger partial charge in [0.15, 0.2) is 5.11 Å². The molecule has 0 aliphatic carbocycles. The van der Waals surface area contributed by atoms with Gasteiger partial charge in [-0.1, -0.05) is 45.2 Å². The van der Waals surface area contributed by atoms with Crippen LogP contribution < -0.4 is 10.6 Å². The average Bonchev–Trinajstić information content (AvgIpc) is 2.49. The number of halogens is 3. The smallest absolute Gasteiger partial charge is 0.305 e. The monoisotopic (exact) mass is 474 g/mol. The Labute approximate surface area is 176 Å². The summed E-state index contributed by atoms with van der Waals surface area (Å²) in [4.78, 5) is 11.3. The Bertz CT molecular complexity index is 838. The van der Waals surface area contributed by atoms with Crippen molar-refractivity contribution < 1.29 is 9.90 Å². The molecule has 0 unspecified atom stereocenters. The van der Waals surface area contributed by atoms with Crippen molar-refractivity contribution in [2.75, 3.05) is 5.32 Å². The van der Waals surface area contributed by atoms with Gasteiger partial charge in [0.05, 0.1) is 12.5 Å². The molecule has 0 heterocycles. The number of thiocarbonyl (C=S) groups is 1. The highest BCUT2D eigenvalue weighted by atomic mass is 79.9. The zero-order valence-electron chi connectivity index (χ0n) is 14.1. The van der Waals surface area contributed by atoms with Gasteiger partial charge >= 0.3 is 5.97 Å². The lowest BCUT2D eigenvalue weighted by molar-refractivity contribution is -0.137. The van der Waals surface area contributed by atoms with E-state index in [9.17, 15) is 9.90 Å². The molecule has 0 aromatic heterocycles. The van der Waals surface area contributed by atoms with Gasteiger partial charge in [0.1, 0.15) is 0 Å². The van der Waals surface area contributed by atoms with Crippen LogP contribution in [0.4, 0.5) is 5.69 Å². The molecule has 4 nitrogen and oxygen atoms in total. The number of hydrogen-bond donors (Lipinski definition) is 3. The van der Waals surface area contributed by atoms with Crippen molar-refractivity contribution in [3.05, 3.63) is 61.5 Å². The summed E-state index contributed by atoms with van der Waals surface area (Å²) in [5.74, 6) is -0.965. The second kappa shape index (κ2) is 9.04. The molecule has 0 fully saturated rings. The third-order valence-corrected chi connectivity index (χ3v) is 5.00. The molecule has 0 aliphatic rings. The van der Waals surface area contributed by atoms with E-state index in [0.29, 0.717) is 20.7 Å². The third kappa shape index (κ3) is 5.58. The van der Waals surface area contributed by atoms with Gasteiger partial charge in [-0.15, -0.1) is 0 Å². The van der Waals surface area contributed by atoms with Gasteiger partial charge in [0.2, 0.25) is 0 Å². The van der Waals surface area contributed by atoms with Crippen molar-refractivity contribution in [1.29, 1.82) is 0 Å². The molecular formula is C18H17BrCl2N2O2S. The van der Waals surface area contributed by atoms with Crippen LogP contribution in [0.3, 0.4) is 0 Å². The molecule has 0 radical (unpaired) electrons. The van der Waals surface area contributed by atoms with Gasteiger partial charge < -0.3 is 15.7 Å². The van der Waals surface area contributed by atoms with Gasteiger partial charge in [-0.2, -0.15) is 0 Å². The molecule has 26 heavy (non-hydrogen) atoms. The second-order valence-corrected chi connectivity index (χ2v) is 8.00. The maximum atomic E-state index is 11.3. The summed E-state index contributed by atoms with van der Waals surface area (Å²) in [6.45, 7) is 3.93. The predicted molar refractivity (Wildman–Crippen MR) is 114 cm³/mol. The van der Waals surface area contributed by atoms with Gasteiger partial charge in [-0.05, 0) is 67.0 Å². The number of carbonyl (C=O) groups is 1. The molecule has 2 rings (SSSR count). The highest BCUT2D eigenvalue weighted by Crippen LogP contribution is 2.29. The van der Waals surface area contributed by atoms with Crippen LogP contribution in [0.1, 0.15) is 29.2 Å². The first-order chi connectivity index (χ1) is 12.2. The van der Waals surface area contributed by atoms with E-state index in [1.165, 1.54) is 0 Å². The molecule has 0 spiro atoms. The quantitative estimate of drug-likeness (QED) is 0.471.